The van der Waals surface area contributed by atoms with Gasteiger partial charge in [0.15, 0.2) is 5.82 Å². The molecule has 3 aromatic rings. The number of rotatable bonds is 4. The Morgan fingerprint density at radius 1 is 1.23 bits per heavy atom. The van der Waals surface area contributed by atoms with Gasteiger partial charge >= 0.3 is 12.2 Å². The van der Waals surface area contributed by atoms with Crippen molar-refractivity contribution in [1.82, 2.24) is 25.5 Å². The Hall–Kier alpha value is -4.16. The molecule has 3 N–H and O–H groups in total. The Kier molecular flexibility index (Phi) is 5.53. The fraction of sp³-hybridized carbons (Fsp3) is 0.318. The standard InChI is InChI=1S/C22H21F3N8O2/c1-12(22(23,24)25)29-20(34)16-2-3-17-19(30-16)33(15-5-7-32(17)11-15)21(35)31-18-8-13(4-6-26-18)14-9-27-28-10-14/h2-4,6,8-10,12,15H,5,7,11H2,1H3,(H,27,28)(H,29,34)(H,26,31,35)/t12-,15+/m1/s1. The topological polar surface area (TPSA) is 119 Å². The third-order valence-electron chi connectivity index (χ3n) is 6.07. The summed E-state index contributed by atoms with van der Waals surface area (Å²) in [6.07, 6.45) is 1.01. The van der Waals surface area contributed by atoms with Gasteiger partial charge in [0.05, 0.1) is 17.9 Å². The van der Waals surface area contributed by atoms with E-state index in [1.165, 1.54) is 11.0 Å². The van der Waals surface area contributed by atoms with Crippen LogP contribution in [0.15, 0.2) is 42.9 Å². The highest BCUT2D eigenvalue weighted by Crippen LogP contribution is 2.39. The predicted molar refractivity (Wildman–Crippen MR) is 121 cm³/mol. The van der Waals surface area contributed by atoms with Crippen molar-refractivity contribution in [2.24, 2.45) is 0 Å². The number of anilines is 3. The monoisotopic (exact) mass is 486 g/mol. The van der Waals surface area contributed by atoms with Crippen molar-refractivity contribution in [3.05, 3.63) is 48.5 Å². The molecule has 0 radical (unpaired) electrons. The molecule has 5 heterocycles. The molecule has 10 nitrogen and oxygen atoms in total. The number of nitrogens with zero attached hydrogens (tertiary/aromatic N) is 5. The van der Waals surface area contributed by atoms with Crippen molar-refractivity contribution in [3.63, 3.8) is 0 Å². The second-order valence-corrected chi connectivity index (χ2v) is 8.38. The molecule has 0 unspecified atom stereocenters. The molecule has 1 fully saturated rings. The number of urea groups is 1. The maximum atomic E-state index is 13.4. The zero-order valence-corrected chi connectivity index (χ0v) is 18.5. The van der Waals surface area contributed by atoms with Crippen molar-refractivity contribution in [2.75, 3.05) is 28.2 Å². The lowest BCUT2D eigenvalue weighted by atomic mass is 10.1. The molecule has 13 heteroatoms. The van der Waals surface area contributed by atoms with Gasteiger partial charge < -0.3 is 10.2 Å². The molecule has 0 aromatic carbocycles. The first kappa shape index (κ1) is 22.6. The number of hydrogen-bond donors (Lipinski definition) is 3. The molecule has 2 atom stereocenters. The largest absolute Gasteiger partial charge is 0.408 e. The molecule has 2 aliphatic rings. The highest BCUT2D eigenvalue weighted by Gasteiger charge is 2.41. The lowest BCUT2D eigenvalue weighted by Gasteiger charge is -2.35. The molecule has 0 aliphatic carbocycles. The van der Waals surface area contributed by atoms with Crippen molar-refractivity contribution in [3.8, 4) is 11.1 Å². The van der Waals surface area contributed by atoms with E-state index in [0.717, 1.165) is 18.1 Å². The van der Waals surface area contributed by atoms with E-state index in [-0.39, 0.29) is 17.6 Å². The average Bonchev–Trinajstić information content (AvgIpc) is 3.50. The first-order valence-electron chi connectivity index (χ1n) is 10.9. The summed E-state index contributed by atoms with van der Waals surface area (Å²) >= 11 is 0. The van der Waals surface area contributed by atoms with Crippen LogP contribution in [0, 0.1) is 0 Å². The number of H-pyrrole nitrogens is 1. The van der Waals surface area contributed by atoms with E-state index >= 15 is 0 Å². The first-order valence-corrected chi connectivity index (χ1v) is 10.9. The fourth-order valence-electron chi connectivity index (χ4n) is 4.21. The molecular formula is C22H21F3N8O2. The van der Waals surface area contributed by atoms with Gasteiger partial charge in [0.2, 0.25) is 0 Å². The summed E-state index contributed by atoms with van der Waals surface area (Å²) in [5, 5.41) is 11.3. The van der Waals surface area contributed by atoms with Gasteiger partial charge in [0, 0.05) is 31.0 Å². The fourth-order valence-corrected chi connectivity index (χ4v) is 4.21. The van der Waals surface area contributed by atoms with Crippen LogP contribution in [-0.2, 0) is 0 Å². The smallest absolute Gasteiger partial charge is 0.366 e. The number of aromatic nitrogens is 4. The molecule has 35 heavy (non-hydrogen) atoms. The number of halogens is 3. The van der Waals surface area contributed by atoms with Gasteiger partial charge in [-0.05, 0) is 43.2 Å². The van der Waals surface area contributed by atoms with Gasteiger partial charge in [-0.15, -0.1) is 0 Å². The van der Waals surface area contributed by atoms with Gasteiger partial charge in [0.1, 0.15) is 17.6 Å². The van der Waals surface area contributed by atoms with Gasteiger partial charge in [0.25, 0.3) is 5.91 Å². The van der Waals surface area contributed by atoms with E-state index in [1.54, 1.807) is 36.8 Å². The number of carbonyl (C=O) groups excluding carboxylic acids is 2. The van der Waals surface area contributed by atoms with Crippen LogP contribution in [0.25, 0.3) is 11.1 Å². The molecule has 0 spiro atoms. The second-order valence-electron chi connectivity index (χ2n) is 8.38. The minimum Gasteiger partial charge on any atom is -0.366 e. The Balaban J connectivity index is 1.42. The predicted octanol–water partition coefficient (Wildman–Crippen LogP) is 3.18. The molecule has 1 saturated heterocycles. The Bertz CT molecular complexity index is 1260. The quantitative estimate of drug-likeness (QED) is 0.521. The number of nitrogens with one attached hydrogen (secondary N) is 3. The highest BCUT2D eigenvalue weighted by atomic mass is 19.4. The Morgan fingerprint density at radius 2 is 2.06 bits per heavy atom. The van der Waals surface area contributed by atoms with E-state index in [1.807, 2.05) is 10.2 Å². The molecule has 2 aliphatic heterocycles. The second kappa shape index (κ2) is 8.56. The van der Waals surface area contributed by atoms with Gasteiger partial charge in [-0.2, -0.15) is 18.3 Å². The molecule has 5 rings (SSSR count). The zero-order chi connectivity index (χ0) is 24.7. The van der Waals surface area contributed by atoms with E-state index < -0.39 is 24.2 Å². The summed E-state index contributed by atoms with van der Waals surface area (Å²) in [5.74, 6) is -0.446. The Labute approximate surface area is 197 Å². The van der Waals surface area contributed by atoms with Crippen LogP contribution in [0.4, 0.5) is 35.3 Å². The van der Waals surface area contributed by atoms with Crippen molar-refractivity contribution < 1.29 is 22.8 Å². The number of carbonyl (C=O) groups is 2. The number of hydrogen-bond acceptors (Lipinski definition) is 6. The number of pyridine rings is 2. The van der Waals surface area contributed by atoms with E-state index in [2.05, 4.69) is 25.5 Å². The zero-order valence-electron chi connectivity index (χ0n) is 18.5. The molecule has 3 amide bonds. The minimum absolute atomic E-state index is 0.208. The molecule has 182 valence electrons. The maximum absolute atomic E-state index is 13.4. The summed E-state index contributed by atoms with van der Waals surface area (Å²) in [7, 11) is 0. The van der Waals surface area contributed by atoms with Crippen LogP contribution in [-0.4, -0.2) is 63.5 Å². The number of amides is 3. The van der Waals surface area contributed by atoms with Gasteiger partial charge in [-0.25, -0.2) is 14.8 Å². The lowest BCUT2D eigenvalue weighted by molar-refractivity contribution is -0.149. The highest BCUT2D eigenvalue weighted by molar-refractivity contribution is 6.05. The third-order valence-corrected chi connectivity index (χ3v) is 6.07. The molecule has 2 bridgehead atoms. The maximum Gasteiger partial charge on any atom is 0.408 e. The van der Waals surface area contributed by atoms with Crippen LogP contribution < -0.4 is 20.4 Å². The van der Waals surface area contributed by atoms with E-state index in [0.29, 0.717) is 31.0 Å². The summed E-state index contributed by atoms with van der Waals surface area (Å²) in [6.45, 7) is 2.13. The van der Waals surface area contributed by atoms with Crippen LogP contribution >= 0.6 is 0 Å². The van der Waals surface area contributed by atoms with Crippen LogP contribution in [0.5, 0.6) is 0 Å². The van der Waals surface area contributed by atoms with E-state index in [4.69, 9.17) is 0 Å². The lowest BCUT2D eigenvalue weighted by Crippen LogP contribution is -2.49. The van der Waals surface area contributed by atoms with Gasteiger partial charge in [-0.3, -0.25) is 20.1 Å². The van der Waals surface area contributed by atoms with E-state index in [9.17, 15) is 22.8 Å². The minimum atomic E-state index is -4.58. The third kappa shape index (κ3) is 4.36. The number of aromatic amines is 1. The Morgan fingerprint density at radius 3 is 2.80 bits per heavy atom. The van der Waals surface area contributed by atoms with Crippen LogP contribution in [0.2, 0.25) is 0 Å². The molecule has 0 saturated carbocycles. The first-order chi connectivity index (χ1) is 16.7. The summed E-state index contributed by atoms with van der Waals surface area (Å²) in [4.78, 5) is 37.8. The van der Waals surface area contributed by atoms with Crippen molar-refractivity contribution >= 4 is 29.3 Å². The SMILES string of the molecule is C[C@@H](NC(=O)c1ccc2c(n1)N(C(=O)Nc1cc(-c3cn[nH]c3)ccn1)[C@H]1CCN2C1)C(F)(F)F. The normalized spacial score (nSPS) is 17.7. The molecular weight excluding hydrogens is 465 g/mol. The van der Waals surface area contributed by atoms with Crippen molar-refractivity contribution in [2.45, 2.75) is 31.6 Å². The molecule has 3 aromatic heterocycles. The van der Waals surface area contributed by atoms with Gasteiger partial charge in [-0.1, -0.05) is 0 Å². The summed E-state index contributed by atoms with van der Waals surface area (Å²) in [5.41, 5.74) is 2.05. The van der Waals surface area contributed by atoms with Crippen LogP contribution in [0.3, 0.4) is 0 Å². The summed E-state index contributed by atoms with van der Waals surface area (Å²) in [6, 6.07) is 3.70. The summed E-state index contributed by atoms with van der Waals surface area (Å²) < 4.78 is 38.7. The van der Waals surface area contributed by atoms with Crippen LogP contribution in [0.1, 0.15) is 23.8 Å². The average molecular weight is 486 g/mol. The number of fused-ring (bicyclic) bond motifs is 4. The number of alkyl halides is 3. The van der Waals surface area contributed by atoms with Crippen molar-refractivity contribution in [1.29, 1.82) is 0 Å².